The van der Waals surface area contributed by atoms with E-state index in [1.807, 2.05) is 12.1 Å². The Morgan fingerprint density at radius 3 is 2.73 bits per heavy atom. The molecular formula is C21H19ClN2O5S. The van der Waals surface area contributed by atoms with Crippen LogP contribution >= 0.6 is 23.4 Å². The first-order valence-corrected chi connectivity index (χ1v) is 10.7. The molecule has 2 aliphatic rings. The molecule has 156 valence electrons. The molecule has 4 rings (SSSR count). The van der Waals surface area contributed by atoms with Crippen LogP contribution in [0.25, 0.3) is 0 Å². The lowest BCUT2D eigenvalue weighted by Crippen LogP contribution is -2.46. The minimum Gasteiger partial charge on any atom is -0.463 e. The van der Waals surface area contributed by atoms with Crippen molar-refractivity contribution in [1.29, 1.82) is 0 Å². The van der Waals surface area contributed by atoms with Crippen LogP contribution in [0.5, 0.6) is 11.5 Å². The Kier molecular flexibility index (Phi) is 6.06. The van der Waals surface area contributed by atoms with Crippen molar-refractivity contribution in [1.82, 2.24) is 10.6 Å². The number of carbonyl (C=O) groups is 2. The zero-order chi connectivity index (χ0) is 21.1. The van der Waals surface area contributed by atoms with Gasteiger partial charge in [-0.05, 0) is 48.9 Å². The summed E-state index contributed by atoms with van der Waals surface area (Å²) in [7, 11) is 0. The molecule has 2 amide bonds. The van der Waals surface area contributed by atoms with E-state index in [1.165, 1.54) is 11.8 Å². The maximum Gasteiger partial charge on any atom is 0.338 e. The lowest BCUT2D eigenvalue weighted by Gasteiger charge is -2.29. The average molecular weight is 447 g/mol. The molecule has 9 heteroatoms. The van der Waals surface area contributed by atoms with Crippen LogP contribution < -0.4 is 20.1 Å². The minimum atomic E-state index is -0.673. The van der Waals surface area contributed by atoms with E-state index in [0.717, 1.165) is 4.90 Å². The molecule has 7 nitrogen and oxygen atoms in total. The van der Waals surface area contributed by atoms with Gasteiger partial charge < -0.3 is 24.8 Å². The van der Waals surface area contributed by atoms with Crippen molar-refractivity contribution in [2.45, 2.75) is 17.9 Å². The van der Waals surface area contributed by atoms with Crippen LogP contribution in [0.3, 0.4) is 0 Å². The SMILES string of the molecule is CCOC(=O)C1=C(CSc2ccc(Cl)cc2)NC(=O)N[C@@H]1c1ccc2c(c1)OCO2. The number of urea groups is 1. The van der Waals surface area contributed by atoms with Crippen molar-refractivity contribution in [3.8, 4) is 11.5 Å². The number of thioether (sulfide) groups is 1. The Labute approximate surface area is 182 Å². The molecular weight excluding hydrogens is 428 g/mol. The molecule has 1 atom stereocenters. The molecule has 2 aromatic rings. The predicted octanol–water partition coefficient (Wildman–Crippen LogP) is 4.03. The number of nitrogens with one attached hydrogen (secondary N) is 2. The predicted molar refractivity (Wildman–Crippen MR) is 113 cm³/mol. The summed E-state index contributed by atoms with van der Waals surface area (Å²) in [6, 6.07) is 11.6. The van der Waals surface area contributed by atoms with E-state index in [2.05, 4.69) is 10.6 Å². The van der Waals surface area contributed by atoms with E-state index < -0.39 is 18.0 Å². The zero-order valence-corrected chi connectivity index (χ0v) is 17.6. The molecule has 0 bridgehead atoms. The Hall–Kier alpha value is -2.84. The molecule has 2 N–H and O–H groups in total. The van der Waals surface area contributed by atoms with E-state index >= 15 is 0 Å². The second kappa shape index (κ2) is 8.89. The van der Waals surface area contributed by atoms with Gasteiger partial charge in [0, 0.05) is 21.4 Å². The molecule has 0 saturated carbocycles. The molecule has 0 unspecified atom stereocenters. The highest BCUT2D eigenvalue weighted by molar-refractivity contribution is 7.99. The third-order valence-electron chi connectivity index (χ3n) is 4.58. The van der Waals surface area contributed by atoms with Crippen LogP contribution in [0.4, 0.5) is 4.79 Å². The largest absolute Gasteiger partial charge is 0.463 e. The number of rotatable bonds is 6. The summed E-state index contributed by atoms with van der Waals surface area (Å²) in [6.07, 6.45) is 0. The summed E-state index contributed by atoms with van der Waals surface area (Å²) in [6.45, 7) is 2.10. The number of ether oxygens (including phenoxy) is 3. The van der Waals surface area contributed by atoms with Gasteiger partial charge in [0.1, 0.15) is 0 Å². The van der Waals surface area contributed by atoms with E-state index in [-0.39, 0.29) is 13.4 Å². The quantitative estimate of drug-likeness (QED) is 0.514. The normalized spacial score (nSPS) is 17.4. The summed E-state index contributed by atoms with van der Waals surface area (Å²) in [5, 5.41) is 6.22. The maximum absolute atomic E-state index is 12.8. The van der Waals surface area contributed by atoms with Crippen molar-refractivity contribution in [3.05, 3.63) is 64.3 Å². The van der Waals surface area contributed by atoms with Crippen molar-refractivity contribution in [3.63, 3.8) is 0 Å². The van der Waals surface area contributed by atoms with Gasteiger partial charge >= 0.3 is 12.0 Å². The highest BCUT2D eigenvalue weighted by Gasteiger charge is 2.34. The van der Waals surface area contributed by atoms with Gasteiger partial charge in [0.15, 0.2) is 11.5 Å². The van der Waals surface area contributed by atoms with E-state index in [0.29, 0.717) is 39.1 Å². The highest BCUT2D eigenvalue weighted by Crippen LogP contribution is 2.37. The number of hydrogen-bond donors (Lipinski definition) is 2. The summed E-state index contributed by atoms with van der Waals surface area (Å²) in [4.78, 5) is 26.2. The molecule has 0 radical (unpaired) electrons. The van der Waals surface area contributed by atoms with Crippen LogP contribution in [0.1, 0.15) is 18.5 Å². The van der Waals surface area contributed by atoms with Crippen LogP contribution in [-0.2, 0) is 9.53 Å². The first kappa shape index (κ1) is 20.4. The van der Waals surface area contributed by atoms with Gasteiger partial charge in [-0.1, -0.05) is 17.7 Å². The highest BCUT2D eigenvalue weighted by atomic mass is 35.5. The Bertz CT molecular complexity index is 1010. The molecule has 0 aliphatic carbocycles. The van der Waals surface area contributed by atoms with Gasteiger partial charge in [0.2, 0.25) is 6.79 Å². The Balaban J connectivity index is 1.68. The number of amides is 2. The van der Waals surface area contributed by atoms with Gasteiger partial charge in [0.25, 0.3) is 0 Å². The average Bonchev–Trinajstić information content (AvgIpc) is 3.21. The Morgan fingerprint density at radius 2 is 1.97 bits per heavy atom. The maximum atomic E-state index is 12.8. The fourth-order valence-corrected chi connectivity index (χ4v) is 4.20. The summed E-state index contributed by atoms with van der Waals surface area (Å²) >= 11 is 7.42. The molecule has 0 fully saturated rings. The zero-order valence-electron chi connectivity index (χ0n) is 16.1. The van der Waals surface area contributed by atoms with E-state index in [1.54, 1.807) is 37.3 Å². The van der Waals surface area contributed by atoms with Crippen LogP contribution in [0.15, 0.2) is 58.6 Å². The van der Waals surface area contributed by atoms with Crippen LogP contribution in [-0.4, -0.2) is 31.2 Å². The first-order valence-electron chi connectivity index (χ1n) is 9.30. The lowest BCUT2D eigenvalue weighted by atomic mass is 9.95. The fourth-order valence-electron chi connectivity index (χ4n) is 3.21. The van der Waals surface area contributed by atoms with Gasteiger partial charge in [-0.3, -0.25) is 0 Å². The molecule has 2 heterocycles. The third kappa shape index (κ3) is 4.34. The molecule has 2 aliphatic heterocycles. The van der Waals surface area contributed by atoms with E-state index in [4.69, 9.17) is 25.8 Å². The first-order chi connectivity index (χ1) is 14.5. The number of hydrogen-bond acceptors (Lipinski definition) is 6. The number of halogens is 1. The fraction of sp³-hybridized carbons (Fsp3) is 0.238. The number of carbonyl (C=O) groups excluding carboxylic acids is 2. The summed E-state index contributed by atoms with van der Waals surface area (Å²) < 4.78 is 16.1. The number of esters is 1. The lowest BCUT2D eigenvalue weighted by molar-refractivity contribution is -0.139. The molecule has 0 aromatic heterocycles. The smallest absolute Gasteiger partial charge is 0.338 e. The van der Waals surface area contributed by atoms with Gasteiger partial charge in [-0.25, -0.2) is 9.59 Å². The molecule has 2 aromatic carbocycles. The number of benzene rings is 2. The second-order valence-electron chi connectivity index (χ2n) is 6.50. The van der Waals surface area contributed by atoms with Crippen molar-refractivity contribution in [2.24, 2.45) is 0 Å². The molecule has 30 heavy (non-hydrogen) atoms. The van der Waals surface area contributed by atoms with Crippen molar-refractivity contribution in [2.75, 3.05) is 19.2 Å². The van der Waals surface area contributed by atoms with Gasteiger partial charge in [0.05, 0.1) is 18.2 Å². The standard InChI is InChI=1S/C21H19ClN2O5S/c1-2-27-20(25)18-15(10-30-14-6-4-13(22)5-7-14)23-21(26)24-19(18)12-3-8-16-17(9-12)29-11-28-16/h3-9,19H,2,10-11H2,1H3,(H2,23,24,26)/t19-/m1/s1. The van der Waals surface area contributed by atoms with E-state index in [9.17, 15) is 9.59 Å². The topological polar surface area (TPSA) is 85.9 Å². The van der Waals surface area contributed by atoms with Crippen molar-refractivity contribution < 1.29 is 23.8 Å². The third-order valence-corrected chi connectivity index (χ3v) is 5.87. The summed E-state index contributed by atoms with van der Waals surface area (Å²) in [5.74, 6) is 1.09. The monoisotopic (exact) mass is 446 g/mol. The Morgan fingerprint density at radius 1 is 1.20 bits per heavy atom. The second-order valence-corrected chi connectivity index (χ2v) is 7.98. The van der Waals surface area contributed by atoms with Crippen molar-refractivity contribution >= 4 is 35.4 Å². The summed E-state index contributed by atoms with van der Waals surface area (Å²) in [5.41, 5.74) is 1.56. The van der Waals surface area contributed by atoms with Gasteiger partial charge in [-0.2, -0.15) is 0 Å². The van der Waals surface area contributed by atoms with Crippen LogP contribution in [0.2, 0.25) is 5.02 Å². The number of fused-ring (bicyclic) bond motifs is 1. The van der Waals surface area contributed by atoms with Crippen LogP contribution in [0, 0.1) is 0 Å². The van der Waals surface area contributed by atoms with Gasteiger partial charge in [-0.15, -0.1) is 11.8 Å². The molecule has 0 saturated heterocycles. The minimum absolute atomic E-state index is 0.140. The molecule has 0 spiro atoms.